The van der Waals surface area contributed by atoms with E-state index in [1.807, 2.05) is 18.2 Å². The molecule has 0 spiro atoms. The van der Waals surface area contributed by atoms with Crippen molar-refractivity contribution in [3.8, 4) is 0 Å². The van der Waals surface area contributed by atoms with Gasteiger partial charge in [0.05, 0.1) is 5.56 Å². The number of carbonyl (C=O) groups excluding carboxylic acids is 1. The molecule has 0 N–H and O–H groups in total. The van der Waals surface area contributed by atoms with E-state index in [4.69, 9.17) is 4.74 Å². The first-order chi connectivity index (χ1) is 5.84. The van der Waals surface area contributed by atoms with Gasteiger partial charge in [-0.15, -0.1) is 0 Å². The fourth-order valence-electron chi connectivity index (χ4n) is 0.789. The number of halogens is 1. The maximum atomic E-state index is 11.2. The Bertz CT molecular complexity index is 251. The molecule has 0 aliphatic rings. The van der Waals surface area contributed by atoms with Crippen LogP contribution in [0.25, 0.3) is 0 Å². The Kier molecular flexibility index (Phi) is 7.66. The van der Waals surface area contributed by atoms with Crippen LogP contribution in [0.5, 0.6) is 0 Å². The number of alkyl halides is 1. The summed E-state index contributed by atoms with van der Waals surface area (Å²) < 4.78 is 4.89. The third-order valence-electron chi connectivity index (χ3n) is 1.32. The zero-order chi connectivity index (χ0) is 8.81. The molecule has 0 unspecified atom stereocenters. The summed E-state index contributed by atoms with van der Waals surface area (Å²) in [6, 6.07) is 8.95. The van der Waals surface area contributed by atoms with Gasteiger partial charge in [0.2, 0.25) is 0 Å². The third kappa shape index (κ3) is 4.81. The van der Waals surface area contributed by atoms with E-state index in [1.54, 1.807) is 12.1 Å². The molecule has 1 aromatic rings. The monoisotopic (exact) mass is 251 g/mol. The number of carbonyl (C=O) groups is 1. The van der Waals surface area contributed by atoms with Crippen molar-refractivity contribution >= 4 is 51.5 Å². The molecule has 0 saturated heterocycles. The maximum Gasteiger partial charge on any atom is 0.338 e. The number of rotatable bonds is 3. The Labute approximate surface area is 108 Å². The summed E-state index contributed by atoms with van der Waals surface area (Å²) >= 11 is 3.17. The van der Waals surface area contributed by atoms with Crippen LogP contribution in [-0.4, -0.2) is 47.5 Å². The summed E-state index contributed by atoms with van der Waals surface area (Å²) in [5, 5.41) is 0.672. The van der Waals surface area contributed by atoms with Gasteiger partial charge >= 0.3 is 5.97 Å². The van der Waals surface area contributed by atoms with Gasteiger partial charge in [-0.3, -0.25) is 0 Å². The average molecular weight is 252 g/mol. The first-order valence-corrected chi connectivity index (χ1v) is 4.75. The third-order valence-corrected chi connectivity index (χ3v) is 1.64. The van der Waals surface area contributed by atoms with Gasteiger partial charge < -0.3 is 4.74 Å². The van der Waals surface area contributed by atoms with Gasteiger partial charge in [0.1, 0.15) is 6.61 Å². The largest absolute Gasteiger partial charge is 0.461 e. The Morgan fingerprint density at radius 3 is 2.46 bits per heavy atom. The molecule has 0 saturated carbocycles. The number of esters is 1. The van der Waals surface area contributed by atoms with E-state index in [2.05, 4.69) is 15.9 Å². The van der Waals surface area contributed by atoms with E-state index in [0.717, 1.165) is 0 Å². The molecule has 2 nitrogen and oxygen atoms in total. The second-order valence-electron chi connectivity index (χ2n) is 2.19. The minimum absolute atomic E-state index is 0. The van der Waals surface area contributed by atoms with Crippen LogP contribution in [0, 0.1) is 0 Å². The molecular formula is C9H9BrNaO2. The van der Waals surface area contributed by atoms with Crippen molar-refractivity contribution in [3.63, 3.8) is 0 Å². The first kappa shape index (κ1) is 13.2. The molecular weight excluding hydrogens is 243 g/mol. The quantitative estimate of drug-likeness (QED) is 0.466. The van der Waals surface area contributed by atoms with Crippen LogP contribution >= 0.6 is 15.9 Å². The van der Waals surface area contributed by atoms with Crippen LogP contribution in [0.4, 0.5) is 0 Å². The summed E-state index contributed by atoms with van der Waals surface area (Å²) in [6.45, 7) is 0.410. The van der Waals surface area contributed by atoms with Gasteiger partial charge in [-0.2, -0.15) is 0 Å². The van der Waals surface area contributed by atoms with Crippen LogP contribution in [0.15, 0.2) is 30.3 Å². The van der Waals surface area contributed by atoms with Gasteiger partial charge in [0, 0.05) is 34.9 Å². The zero-order valence-electron chi connectivity index (χ0n) is 7.50. The Morgan fingerprint density at radius 1 is 1.31 bits per heavy atom. The SMILES string of the molecule is O=C(OCCBr)c1ccccc1.[Na]. The average Bonchev–Trinajstić information content (AvgIpc) is 2.15. The number of ether oxygens (including phenoxy) is 1. The van der Waals surface area contributed by atoms with Crippen molar-refractivity contribution < 1.29 is 9.53 Å². The predicted molar refractivity (Wildman–Crippen MR) is 56.3 cm³/mol. The summed E-state index contributed by atoms with van der Waals surface area (Å²) in [5.41, 5.74) is 0.596. The molecule has 0 heterocycles. The molecule has 0 fully saturated rings. The van der Waals surface area contributed by atoms with E-state index in [0.29, 0.717) is 17.5 Å². The van der Waals surface area contributed by atoms with Crippen molar-refractivity contribution in [3.05, 3.63) is 35.9 Å². The topological polar surface area (TPSA) is 26.3 Å². The van der Waals surface area contributed by atoms with Gasteiger partial charge in [-0.1, -0.05) is 34.1 Å². The molecule has 65 valence electrons. The van der Waals surface area contributed by atoms with Crippen LogP contribution in [0.3, 0.4) is 0 Å². The minimum atomic E-state index is -0.268. The Morgan fingerprint density at radius 2 is 1.92 bits per heavy atom. The van der Waals surface area contributed by atoms with Gasteiger partial charge in [-0.05, 0) is 12.1 Å². The molecule has 0 aromatic heterocycles. The van der Waals surface area contributed by atoms with E-state index >= 15 is 0 Å². The van der Waals surface area contributed by atoms with E-state index in [1.165, 1.54) is 0 Å². The fraction of sp³-hybridized carbons (Fsp3) is 0.222. The molecule has 0 aliphatic heterocycles. The van der Waals surface area contributed by atoms with Crippen LogP contribution in [0.2, 0.25) is 0 Å². The number of hydrogen-bond acceptors (Lipinski definition) is 2. The molecule has 1 rings (SSSR count). The maximum absolute atomic E-state index is 11.2. The van der Waals surface area contributed by atoms with Crippen molar-refractivity contribution in [2.24, 2.45) is 0 Å². The van der Waals surface area contributed by atoms with Crippen molar-refractivity contribution in [2.45, 2.75) is 0 Å². The van der Waals surface area contributed by atoms with Crippen LogP contribution in [-0.2, 0) is 4.74 Å². The summed E-state index contributed by atoms with van der Waals surface area (Å²) in [7, 11) is 0. The normalized spacial score (nSPS) is 8.69. The molecule has 0 atom stereocenters. The Balaban J connectivity index is 0.00000144. The van der Waals surface area contributed by atoms with E-state index in [-0.39, 0.29) is 35.5 Å². The van der Waals surface area contributed by atoms with Crippen molar-refractivity contribution in [2.75, 3.05) is 11.9 Å². The minimum Gasteiger partial charge on any atom is -0.461 e. The standard InChI is InChI=1S/C9H9BrO2.Na/c10-6-7-12-9(11)8-4-2-1-3-5-8;/h1-5H,6-7H2;. The summed E-state index contributed by atoms with van der Waals surface area (Å²) in [4.78, 5) is 11.2. The van der Waals surface area contributed by atoms with Gasteiger partial charge in [-0.25, -0.2) is 4.79 Å². The molecule has 4 heteroatoms. The molecule has 1 radical (unpaired) electrons. The molecule has 1 aromatic carbocycles. The zero-order valence-corrected chi connectivity index (χ0v) is 11.1. The van der Waals surface area contributed by atoms with Gasteiger partial charge in [0.25, 0.3) is 0 Å². The number of hydrogen-bond donors (Lipinski definition) is 0. The molecule has 0 amide bonds. The predicted octanol–water partition coefficient (Wildman–Crippen LogP) is 1.86. The number of benzene rings is 1. The second-order valence-corrected chi connectivity index (χ2v) is 2.98. The van der Waals surface area contributed by atoms with Crippen molar-refractivity contribution in [1.29, 1.82) is 0 Å². The molecule has 0 bridgehead atoms. The Hall–Kier alpha value is 0.170. The van der Waals surface area contributed by atoms with Gasteiger partial charge in [0.15, 0.2) is 0 Å². The van der Waals surface area contributed by atoms with Crippen molar-refractivity contribution in [1.82, 2.24) is 0 Å². The summed E-state index contributed by atoms with van der Waals surface area (Å²) in [6.07, 6.45) is 0. The smallest absolute Gasteiger partial charge is 0.338 e. The molecule has 13 heavy (non-hydrogen) atoms. The molecule has 0 aliphatic carbocycles. The van der Waals surface area contributed by atoms with Crippen LogP contribution < -0.4 is 0 Å². The first-order valence-electron chi connectivity index (χ1n) is 3.62. The van der Waals surface area contributed by atoms with E-state index < -0.39 is 0 Å². The fourth-order valence-corrected chi connectivity index (χ4v) is 0.951. The van der Waals surface area contributed by atoms with E-state index in [9.17, 15) is 4.79 Å². The summed E-state index contributed by atoms with van der Waals surface area (Å²) in [5.74, 6) is -0.268. The van der Waals surface area contributed by atoms with Crippen LogP contribution in [0.1, 0.15) is 10.4 Å². The second kappa shape index (κ2) is 7.56.